The number of hydrogen-bond acceptors (Lipinski definition) is 4. The van der Waals surface area contributed by atoms with Gasteiger partial charge in [0.25, 0.3) is 0 Å². The Balaban J connectivity index is 0.00000267. The maximum atomic E-state index is 13.0. The Labute approximate surface area is 274 Å². The minimum Gasteiger partial charge on any atom is -1.00 e. The van der Waals surface area contributed by atoms with Crippen LogP contribution in [0.25, 0.3) is 0 Å². The summed E-state index contributed by atoms with van der Waals surface area (Å²) in [5, 5.41) is 6.46. The normalized spacial score (nSPS) is 16.4. The molecule has 40 heavy (non-hydrogen) atoms. The predicted molar refractivity (Wildman–Crippen MR) is 153 cm³/mol. The molecule has 4 rings (SSSR count). The number of anilines is 1. The van der Waals surface area contributed by atoms with E-state index in [0.717, 1.165) is 76.2 Å². The Bertz CT molecular complexity index is 1130. The molecule has 0 saturated heterocycles. The Morgan fingerprint density at radius 3 is 1.98 bits per heavy atom. The fourth-order valence-electron chi connectivity index (χ4n) is 4.93. The number of amides is 1. The van der Waals surface area contributed by atoms with E-state index < -0.39 is 0 Å². The average molecular weight is 781 g/mol. The number of fused-ring (bicyclic) bond motifs is 3. The van der Waals surface area contributed by atoms with Crippen molar-refractivity contribution in [3.8, 4) is 11.5 Å². The summed E-state index contributed by atoms with van der Waals surface area (Å²) in [7, 11) is 13.1. The lowest BCUT2D eigenvalue weighted by molar-refractivity contribution is -0.870. The lowest BCUT2D eigenvalue weighted by Crippen LogP contribution is -3.00. The molecule has 1 unspecified atom stereocenters. The van der Waals surface area contributed by atoms with Crippen molar-refractivity contribution in [3.05, 3.63) is 53.6 Å². The Morgan fingerprint density at radius 1 is 0.850 bits per heavy atom. The van der Waals surface area contributed by atoms with E-state index in [1.807, 2.05) is 24.3 Å². The molecule has 1 aliphatic heterocycles. The fourth-order valence-corrected chi connectivity index (χ4v) is 4.93. The molecule has 0 spiro atoms. The van der Waals surface area contributed by atoms with Crippen LogP contribution in [-0.2, 0) is 11.2 Å². The van der Waals surface area contributed by atoms with Gasteiger partial charge in [-0.3, -0.25) is 4.79 Å². The van der Waals surface area contributed by atoms with E-state index in [0.29, 0.717) is 19.6 Å². The van der Waals surface area contributed by atoms with Crippen molar-refractivity contribution in [1.29, 1.82) is 0 Å². The van der Waals surface area contributed by atoms with Crippen LogP contribution in [0, 0.1) is 5.92 Å². The van der Waals surface area contributed by atoms with Crippen molar-refractivity contribution in [1.82, 2.24) is 0 Å². The third-order valence-electron chi connectivity index (χ3n) is 6.94. The summed E-state index contributed by atoms with van der Waals surface area (Å²) < 4.78 is 13.9. The number of hydrogen-bond donors (Lipinski definition) is 0. The minimum absolute atomic E-state index is 0. The molecule has 0 bridgehead atoms. The molecular formula is C30H46I2N4O4. The molecular weight excluding hydrogens is 734 g/mol. The van der Waals surface area contributed by atoms with Crippen molar-refractivity contribution < 1.29 is 76.7 Å². The van der Waals surface area contributed by atoms with Gasteiger partial charge in [-0.25, -0.2) is 5.01 Å². The summed E-state index contributed by atoms with van der Waals surface area (Å²) in [6.07, 6.45) is 4.40. The molecule has 2 N–H and O–H groups in total. The lowest BCUT2D eigenvalue weighted by Gasteiger charge is -2.33. The highest BCUT2D eigenvalue weighted by Crippen LogP contribution is 2.35. The van der Waals surface area contributed by atoms with Gasteiger partial charge in [-0.15, -0.1) is 0 Å². The van der Waals surface area contributed by atoms with Crippen LogP contribution in [0.15, 0.2) is 47.6 Å². The average Bonchev–Trinajstić information content (AvgIpc) is 2.83. The van der Waals surface area contributed by atoms with E-state index in [4.69, 9.17) is 14.6 Å². The van der Waals surface area contributed by atoms with Gasteiger partial charge in [-0.2, -0.15) is 5.10 Å². The van der Waals surface area contributed by atoms with Crippen molar-refractivity contribution in [2.75, 3.05) is 73.6 Å². The van der Waals surface area contributed by atoms with Crippen molar-refractivity contribution in [2.24, 2.45) is 11.0 Å². The molecule has 1 aliphatic carbocycles. The molecule has 1 atom stereocenters. The van der Waals surface area contributed by atoms with Gasteiger partial charge in [0, 0.05) is 30.7 Å². The molecule has 0 aromatic heterocycles. The molecule has 0 fully saturated rings. The molecule has 2 aromatic rings. The third-order valence-corrected chi connectivity index (χ3v) is 6.94. The predicted octanol–water partition coefficient (Wildman–Crippen LogP) is -2.48. The maximum Gasteiger partial charge on any atom is 0.248 e. The first-order chi connectivity index (χ1) is 17.5. The fraction of sp³-hybridized carbons (Fsp3) is 0.533. The summed E-state index contributed by atoms with van der Waals surface area (Å²) in [4.78, 5) is 13.0. The van der Waals surface area contributed by atoms with Gasteiger partial charge in [0.1, 0.15) is 11.5 Å². The van der Waals surface area contributed by atoms with E-state index in [2.05, 4.69) is 60.5 Å². The SMILES string of the molecule is C[N+](C)(C)CCCOc1ccc(N2N=C3c4cc(OCCC[N+](C)(C)C)ccc4CCC3CC2=O)cc1.O.[I-].[I-]. The molecule has 0 radical (unpaired) electrons. The first-order valence-electron chi connectivity index (χ1n) is 13.5. The molecule has 1 amide bonds. The van der Waals surface area contributed by atoms with Crippen LogP contribution in [0.5, 0.6) is 11.5 Å². The van der Waals surface area contributed by atoms with Gasteiger partial charge >= 0.3 is 0 Å². The summed E-state index contributed by atoms with van der Waals surface area (Å²) in [5.74, 6) is 1.89. The van der Waals surface area contributed by atoms with Gasteiger partial charge in [-0.1, -0.05) is 6.07 Å². The third kappa shape index (κ3) is 10.4. The summed E-state index contributed by atoms with van der Waals surface area (Å²) in [6.45, 7) is 3.50. The standard InChI is InChI=1S/C30H44N4O3.2HI.H2O/c1-33(2,3)17-7-19-36-26-15-12-25(13-16-26)32-29(35)21-24-10-9-23-11-14-27(22-28(23)30(24)31-32)37-20-8-18-34(4,5)6;;;/h11-16,22,24H,7-10,17-21H2,1-6H3;2*1H;1H2/q+2;;;/p-2. The number of hydrazone groups is 1. The highest BCUT2D eigenvalue weighted by Gasteiger charge is 2.34. The first-order valence-corrected chi connectivity index (χ1v) is 13.5. The summed E-state index contributed by atoms with van der Waals surface area (Å²) in [5.41, 5.74) is 4.17. The Kier molecular flexibility index (Phi) is 14.3. The zero-order chi connectivity index (χ0) is 26.6. The van der Waals surface area contributed by atoms with Crippen LogP contribution >= 0.6 is 0 Å². The van der Waals surface area contributed by atoms with Crippen molar-refractivity contribution in [3.63, 3.8) is 0 Å². The van der Waals surface area contributed by atoms with Gasteiger partial charge < -0.3 is 71.9 Å². The summed E-state index contributed by atoms with van der Waals surface area (Å²) >= 11 is 0. The highest BCUT2D eigenvalue weighted by atomic mass is 127. The number of quaternary nitrogens is 2. The van der Waals surface area contributed by atoms with Crippen LogP contribution in [0.1, 0.15) is 36.8 Å². The number of ether oxygens (including phenoxy) is 2. The zero-order valence-corrected chi connectivity index (χ0v) is 29.1. The first kappa shape index (κ1) is 36.5. The van der Waals surface area contributed by atoms with E-state index in [-0.39, 0.29) is 65.3 Å². The highest BCUT2D eigenvalue weighted by molar-refractivity contribution is 6.11. The number of halogens is 2. The second-order valence-corrected chi connectivity index (χ2v) is 12.4. The lowest BCUT2D eigenvalue weighted by atomic mass is 9.79. The largest absolute Gasteiger partial charge is 1.00 e. The molecule has 2 aliphatic rings. The van der Waals surface area contributed by atoms with E-state index in [9.17, 15) is 4.79 Å². The summed E-state index contributed by atoms with van der Waals surface area (Å²) in [6, 6.07) is 14.1. The van der Waals surface area contributed by atoms with Gasteiger partial charge in [0.2, 0.25) is 5.91 Å². The van der Waals surface area contributed by atoms with Crippen LogP contribution in [0.2, 0.25) is 0 Å². The zero-order valence-electron chi connectivity index (χ0n) is 24.8. The molecule has 1 heterocycles. The van der Waals surface area contributed by atoms with E-state index >= 15 is 0 Å². The maximum absolute atomic E-state index is 13.0. The molecule has 8 nitrogen and oxygen atoms in total. The number of aryl methyl sites for hydroxylation is 1. The Morgan fingerprint density at radius 2 is 1.40 bits per heavy atom. The second kappa shape index (κ2) is 15.7. The molecule has 2 aromatic carbocycles. The number of rotatable bonds is 11. The van der Waals surface area contributed by atoms with Crippen LogP contribution in [0.3, 0.4) is 0 Å². The van der Waals surface area contributed by atoms with Crippen LogP contribution in [-0.4, -0.2) is 94.7 Å². The quantitative estimate of drug-likeness (QED) is 0.144. The van der Waals surface area contributed by atoms with Crippen LogP contribution < -0.4 is 62.4 Å². The van der Waals surface area contributed by atoms with Gasteiger partial charge in [-0.05, 0) is 54.8 Å². The van der Waals surface area contributed by atoms with Gasteiger partial charge in [0.05, 0.1) is 80.0 Å². The smallest absolute Gasteiger partial charge is 0.248 e. The molecule has 10 heteroatoms. The number of benzene rings is 2. The van der Waals surface area contributed by atoms with Crippen molar-refractivity contribution >= 4 is 17.3 Å². The number of carbonyl (C=O) groups is 1. The van der Waals surface area contributed by atoms with E-state index in [1.165, 1.54) is 5.56 Å². The topological polar surface area (TPSA) is 82.6 Å². The van der Waals surface area contributed by atoms with E-state index in [1.54, 1.807) is 5.01 Å². The van der Waals surface area contributed by atoms with Crippen molar-refractivity contribution in [2.45, 2.75) is 32.1 Å². The molecule has 224 valence electrons. The minimum atomic E-state index is 0. The van der Waals surface area contributed by atoms with Gasteiger partial charge in [0.15, 0.2) is 0 Å². The number of carbonyl (C=O) groups excluding carboxylic acids is 1. The second-order valence-electron chi connectivity index (χ2n) is 12.4. The number of nitrogens with zero attached hydrogens (tertiary/aromatic N) is 4. The Hall–Kier alpha value is -1.48. The monoisotopic (exact) mass is 780 g/mol. The molecule has 0 saturated carbocycles. The van der Waals surface area contributed by atoms with Crippen LogP contribution in [0.4, 0.5) is 5.69 Å².